The molecule has 1 aromatic heterocycles. The summed E-state index contributed by atoms with van der Waals surface area (Å²) in [6.07, 6.45) is 2.65. The lowest BCUT2D eigenvalue weighted by molar-refractivity contribution is 0.112. The van der Waals surface area contributed by atoms with Crippen molar-refractivity contribution in [3.05, 3.63) is 68.8 Å². The molecule has 106 valence electrons. The van der Waals surface area contributed by atoms with Crippen LogP contribution in [0.25, 0.3) is 10.9 Å². The molecule has 0 atom stereocenters. The third-order valence-corrected chi connectivity index (χ3v) is 4.31. The molecule has 0 saturated carbocycles. The lowest BCUT2D eigenvalue weighted by Crippen LogP contribution is -1.97. The van der Waals surface area contributed by atoms with E-state index in [0.717, 1.165) is 22.8 Å². The van der Waals surface area contributed by atoms with Gasteiger partial charge in [0.2, 0.25) is 0 Å². The van der Waals surface area contributed by atoms with Crippen molar-refractivity contribution < 1.29 is 4.79 Å². The number of benzene rings is 2. The molecule has 0 radical (unpaired) electrons. The van der Waals surface area contributed by atoms with Crippen LogP contribution in [-0.4, -0.2) is 10.9 Å². The predicted molar refractivity (Wildman–Crippen MR) is 87.9 cm³/mol. The van der Waals surface area contributed by atoms with Crippen molar-refractivity contribution in [1.29, 1.82) is 0 Å². The van der Waals surface area contributed by atoms with E-state index in [4.69, 9.17) is 34.8 Å². The number of carbonyl (C=O) groups excluding carboxylic acids is 1. The van der Waals surface area contributed by atoms with Gasteiger partial charge >= 0.3 is 0 Å². The molecular formula is C16H10Cl3NO. The van der Waals surface area contributed by atoms with Crippen molar-refractivity contribution in [1.82, 2.24) is 4.57 Å². The van der Waals surface area contributed by atoms with E-state index in [1.54, 1.807) is 12.1 Å². The minimum Gasteiger partial charge on any atom is -0.342 e. The van der Waals surface area contributed by atoms with Gasteiger partial charge in [0.15, 0.2) is 6.29 Å². The van der Waals surface area contributed by atoms with E-state index in [-0.39, 0.29) is 0 Å². The number of rotatable bonds is 3. The van der Waals surface area contributed by atoms with Gasteiger partial charge in [-0.25, -0.2) is 0 Å². The SMILES string of the molecule is O=Cc1cn(Cc2ccc(Cl)c(Cl)c2)c2ccc(Cl)cc12. The predicted octanol–water partition coefficient (Wildman–Crippen LogP) is 5.46. The van der Waals surface area contributed by atoms with Crippen LogP contribution < -0.4 is 0 Å². The average molecular weight is 339 g/mol. The number of carbonyl (C=O) groups is 1. The van der Waals surface area contributed by atoms with E-state index in [9.17, 15) is 4.79 Å². The van der Waals surface area contributed by atoms with Crippen molar-refractivity contribution in [2.75, 3.05) is 0 Å². The van der Waals surface area contributed by atoms with Gasteiger partial charge in [-0.05, 0) is 35.9 Å². The van der Waals surface area contributed by atoms with Gasteiger partial charge < -0.3 is 4.57 Å². The Bertz CT molecular complexity index is 839. The largest absolute Gasteiger partial charge is 0.342 e. The van der Waals surface area contributed by atoms with Crippen LogP contribution in [0.1, 0.15) is 15.9 Å². The van der Waals surface area contributed by atoms with Crippen LogP contribution in [0.2, 0.25) is 15.1 Å². The number of hydrogen-bond donors (Lipinski definition) is 0. The van der Waals surface area contributed by atoms with Crippen LogP contribution in [0.3, 0.4) is 0 Å². The standard InChI is InChI=1S/C16H10Cl3NO/c17-12-2-4-16-13(6-12)11(9-21)8-20(16)7-10-1-3-14(18)15(19)5-10/h1-6,8-9H,7H2. The Morgan fingerprint density at radius 2 is 1.81 bits per heavy atom. The highest BCUT2D eigenvalue weighted by atomic mass is 35.5. The average Bonchev–Trinajstić information content (AvgIpc) is 2.80. The normalized spacial score (nSPS) is 11.0. The summed E-state index contributed by atoms with van der Waals surface area (Å²) in [7, 11) is 0. The fraction of sp³-hybridized carbons (Fsp3) is 0.0625. The van der Waals surface area contributed by atoms with Crippen molar-refractivity contribution in [2.45, 2.75) is 6.54 Å². The van der Waals surface area contributed by atoms with E-state index in [1.165, 1.54) is 0 Å². The molecule has 0 unspecified atom stereocenters. The molecule has 0 saturated heterocycles. The first-order chi connectivity index (χ1) is 10.1. The van der Waals surface area contributed by atoms with Crippen LogP contribution in [0.4, 0.5) is 0 Å². The van der Waals surface area contributed by atoms with Gasteiger partial charge in [0.1, 0.15) is 0 Å². The molecule has 2 nitrogen and oxygen atoms in total. The van der Waals surface area contributed by atoms with Crippen LogP contribution in [0, 0.1) is 0 Å². The maximum atomic E-state index is 11.2. The number of nitrogens with zero attached hydrogens (tertiary/aromatic N) is 1. The summed E-state index contributed by atoms with van der Waals surface area (Å²) in [6, 6.07) is 11.0. The summed E-state index contributed by atoms with van der Waals surface area (Å²) in [4.78, 5) is 11.2. The second-order valence-corrected chi connectivity index (χ2v) is 5.99. The summed E-state index contributed by atoms with van der Waals surface area (Å²) in [6.45, 7) is 0.600. The van der Waals surface area contributed by atoms with E-state index < -0.39 is 0 Å². The summed E-state index contributed by atoms with van der Waals surface area (Å²) in [5.41, 5.74) is 2.58. The van der Waals surface area contributed by atoms with Gasteiger partial charge in [0.25, 0.3) is 0 Å². The van der Waals surface area contributed by atoms with Crippen LogP contribution in [0.5, 0.6) is 0 Å². The second kappa shape index (κ2) is 5.72. The molecule has 0 bridgehead atoms. The van der Waals surface area contributed by atoms with Crippen molar-refractivity contribution in [2.24, 2.45) is 0 Å². The molecule has 0 aliphatic rings. The third kappa shape index (κ3) is 2.80. The molecule has 0 fully saturated rings. The Kier molecular flexibility index (Phi) is 3.94. The quantitative estimate of drug-likeness (QED) is 0.581. The molecule has 3 rings (SSSR count). The molecule has 0 amide bonds. The van der Waals surface area contributed by atoms with Crippen molar-refractivity contribution in [3.63, 3.8) is 0 Å². The monoisotopic (exact) mass is 337 g/mol. The van der Waals surface area contributed by atoms with Gasteiger partial charge in [0.05, 0.1) is 10.0 Å². The van der Waals surface area contributed by atoms with Crippen LogP contribution in [0.15, 0.2) is 42.6 Å². The second-order valence-electron chi connectivity index (χ2n) is 4.74. The lowest BCUT2D eigenvalue weighted by Gasteiger charge is -2.07. The minimum absolute atomic E-state index is 0.518. The fourth-order valence-electron chi connectivity index (χ4n) is 2.36. The van der Waals surface area contributed by atoms with Gasteiger partial charge in [-0.1, -0.05) is 40.9 Å². The number of halogens is 3. The Hall–Kier alpha value is -1.48. The number of fused-ring (bicyclic) bond motifs is 1. The van der Waals surface area contributed by atoms with Crippen LogP contribution >= 0.6 is 34.8 Å². The van der Waals surface area contributed by atoms with E-state index in [1.807, 2.05) is 35.0 Å². The van der Waals surface area contributed by atoms with Gasteiger partial charge in [-0.3, -0.25) is 4.79 Å². The van der Waals surface area contributed by atoms with Gasteiger partial charge in [-0.15, -0.1) is 0 Å². The molecular weight excluding hydrogens is 329 g/mol. The summed E-state index contributed by atoms with van der Waals surface area (Å²) in [5.74, 6) is 0. The molecule has 5 heteroatoms. The highest BCUT2D eigenvalue weighted by Crippen LogP contribution is 2.27. The van der Waals surface area contributed by atoms with E-state index >= 15 is 0 Å². The lowest BCUT2D eigenvalue weighted by atomic mass is 10.2. The zero-order valence-corrected chi connectivity index (χ0v) is 13.1. The molecule has 21 heavy (non-hydrogen) atoms. The summed E-state index contributed by atoms with van der Waals surface area (Å²) >= 11 is 18.0. The molecule has 1 heterocycles. The first-order valence-electron chi connectivity index (χ1n) is 6.26. The molecule has 2 aromatic carbocycles. The van der Waals surface area contributed by atoms with Crippen LogP contribution in [-0.2, 0) is 6.54 Å². The minimum atomic E-state index is 0.518. The zero-order valence-electron chi connectivity index (χ0n) is 10.8. The Balaban J connectivity index is 2.08. The molecule has 0 spiro atoms. The topological polar surface area (TPSA) is 22.0 Å². The van der Waals surface area contributed by atoms with Crippen molar-refractivity contribution in [3.8, 4) is 0 Å². The maximum Gasteiger partial charge on any atom is 0.152 e. The highest BCUT2D eigenvalue weighted by Gasteiger charge is 2.09. The molecule has 0 N–H and O–H groups in total. The first-order valence-corrected chi connectivity index (χ1v) is 7.39. The number of aromatic nitrogens is 1. The fourth-order valence-corrected chi connectivity index (χ4v) is 2.85. The van der Waals surface area contributed by atoms with Gasteiger partial charge in [0, 0.05) is 34.2 Å². The summed E-state index contributed by atoms with van der Waals surface area (Å²) < 4.78 is 2.00. The molecule has 0 aliphatic heterocycles. The zero-order chi connectivity index (χ0) is 15.0. The van der Waals surface area contributed by atoms with E-state index in [0.29, 0.717) is 27.2 Å². The Labute approximate surface area is 136 Å². The smallest absolute Gasteiger partial charge is 0.152 e. The maximum absolute atomic E-state index is 11.2. The van der Waals surface area contributed by atoms with Crippen molar-refractivity contribution >= 4 is 52.0 Å². The third-order valence-electron chi connectivity index (χ3n) is 3.34. The molecule has 3 aromatic rings. The first kappa shape index (κ1) is 14.5. The number of aldehydes is 1. The Morgan fingerprint density at radius 1 is 1.00 bits per heavy atom. The van der Waals surface area contributed by atoms with E-state index in [2.05, 4.69) is 0 Å². The Morgan fingerprint density at radius 3 is 2.52 bits per heavy atom. The van der Waals surface area contributed by atoms with Gasteiger partial charge in [-0.2, -0.15) is 0 Å². The highest BCUT2D eigenvalue weighted by molar-refractivity contribution is 6.42. The summed E-state index contributed by atoms with van der Waals surface area (Å²) in [5, 5.41) is 2.50. The molecule has 0 aliphatic carbocycles. The number of hydrogen-bond acceptors (Lipinski definition) is 1.